The molecule has 1 unspecified atom stereocenters. The fourth-order valence-corrected chi connectivity index (χ4v) is 5.72. The second-order valence-electron chi connectivity index (χ2n) is 9.35. The maximum absolute atomic E-state index is 10.4. The summed E-state index contributed by atoms with van der Waals surface area (Å²) in [5.41, 5.74) is 6.47. The van der Waals surface area contributed by atoms with Crippen molar-refractivity contribution in [3.8, 4) is 23.0 Å². The summed E-state index contributed by atoms with van der Waals surface area (Å²) in [6.45, 7) is 5.25. The van der Waals surface area contributed by atoms with Gasteiger partial charge >= 0.3 is 0 Å². The molecule has 33 heavy (non-hydrogen) atoms. The van der Waals surface area contributed by atoms with Crippen LogP contribution in [0.4, 0.5) is 0 Å². The summed E-state index contributed by atoms with van der Waals surface area (Å²) in [4.78, 5) is 0. The highest BCUT2D eigenvalue weighted by atomic mass is 16.5. The van der Waals surface area contributed by atoms with E-state index < -0.39 is 0 Å². The van der Waals surface area contributed by atoms with Crippen molar-refractivity contribution in [2.24, 2.45) is 0 Å². The number of fused-ring (bicyclic) bond motifs is 3. The fourth-order valence-electron chi connectivity index (χ4n) is 5.72. The number of aromatic hydroxyl groups is 2. The van der Waals surface area contributed by atoms with Crippen LogP contribution in [0.1, 0.15) is 47.6 Å². The average molecular weight is 445 g/mol. The zero-order chi connectivity index (χ0) is 23.3. The third-order valence-electron chi connectivity index (χ3n) is 7.22. The minimum Gasteiger partial charge on any atom is -0.504 e. The smallest absolute Gasteiger partial charge is 0.192 e. The summed E-state index contributed by atoms with van der Waals surface area (Å²) >= 11 is 0. The van der Waals surface area contributed by atoms with Crippen molar-refractivity contribution < 1.29 is 24.3 Å². The topological polar surface area (TPSA) is 61.9 Å². The van der Waals surface area contributed by atoms with Crippen LogP contribution in [0.15, 0.2) is 54.6 Å². The lowest BCUT2D eigenvalue weighted by Gasteiger charge is -2.39. The molecule has 0 aromatic heterocycles. The van der Waals surface area contributed by atoms with E-state index in [1.807, 2.05) is 12.1 Å². The van der Waals surface area contributed by atoms with Crippen LogP contribution in [0.5, 0.6) is 23.0 Å². The third-order valence-corrected chi connectivity index (χ3v) is 7.22. The number of phenolic OH excluding ortho intramolecular Hbond substituents is 2. The van der Waals surface area contributed by atoms with E-state index in [-0.39, 0.29) is 23.0 Å². The molecule has 5 rings (SSSR count). The van der Waals surface area contributed by atoms with Crippen molar-refractivity contribution >= 4 is 5.71 Å². The maximum Gasteiger partial charge on any atom is 0.192 e. The maximum atomic E-state index is 10.4. The number of ether oxygens (including phenoxy) is 2. The minimum absolute atomic E-state index is 0.0539. The molecule has 5 nitrogen and oxygen atoms in total. The Morgan fingerprint density at radius 2 is 1.70 bits per heavy atom. The highest BCUT2D eigenvalue weighted by molar-refractivity contribution is 6.05. The molecule has 0 saturated carbocycles. The van der Waals surface area contributed by atoms with Crippen LogP contribution < -0.4 is 9.47 Å². The Morgan fingerprint density at radius 1 is 0.970 bits per heavy atom. The van der Waals surface area contributed by atoms with E-state index in [0.717, 1.165) is 47.6 Å². The summed E-state index contributed by atoms with van der Waals surface area (Å²) < 4.78 is 14.0. The van der Waals surface area contributed by atoms with Crippen LogP contribution in [0.2, 0.25) is 0 Å². The lowest BCUT2D eigenvalue weighted by atomic mass is 9.71. The molecule has 0 radical (unpaired) electrons. The quantitative estimate of drug-likeness (QED) is 0.450. The molecule has 1 atom stereocenters. The monoisotopic (exact) mass is 444 g/mol. The van der Waals surface area contributed by atoms with Crippen molar-refractivity contribution in [1.29, 1.82) is 0 Å². The van der Waals surface area contributed by atoms with Gasteiger partial charge in [-0.15, -0.1) is 0 Å². The molecular formula is C28H30NO4+. The Bertz CT molecular complexity index is 1260. The second kappa shape index (κ2) is 7.84. The molecule has 2 aliphatic heterocycles. The molecular weight excluding hydrogens is 414 g/mol. The largest absolute Gasteiger partial charge is 0.504 e. The van der Waals surface area contributed by atoms with E-state index in [0.29, 0.717) is 0 Å². The summed E-state index contributed by atoms with van der Waals surface area (Å²) in [6, 6.07) is 18.1. The molecule has 2 heterocycles. The first kappa shape index (κ1) is 21.4. The zero-order valence-corrected chi connectivity index (χ0v) is 19.6. The molecule has 0 amide bonds. The number of hydrogen-bond donors (Lipinski definition) is 2. The Balaban J connectivity index is 1.81. The summed E-state index contributed by atoms with van der Waals surface area (Å²) in [7, 11) is 3.37. The van der Waals surface area contributed by atoms with E-state index in [1.54, 1.807) is 26.4 Å². The Morgan fingerprint density at radius 3 is 2.39 bits per heavy atom. The van der Waals surface area contributed by atoms with E-state index in [4.69, 9.17) is 9.47 Å². The summed E-state index contributed by atoms with van der Waals surface area (Å²) in [6.07, 6.45) is 1.60. The minimum atomic E-state index is -0.358. The molecule has 3 aromatic carbocycles. The van der Waals surface area contributed by atoms with E-state index in [1.165, 1.54) is 16.8 Å². The van der Waals surface area contributed by atoms with Crippen LogP contribution in [0, 0.1) is 0 Å². The molecule has 3 aromatic rings. The van der Waals surface area contributed by atoms with Gasteiger partial charge in [0.2, 0.25) is 0 Å². The lowest BCUT2D eigenvalue weighted by molar-refractivity contribution is -0.614. The molecule has 0 spiro atoms. The van der Waals surface area contributed by atoms with E-state index in [2.05, 4.69) is 48.8 Å². The Labute approximate surface area is 194 Å². The van der Waals surface area contributed by atoms with Gasteiger partial charge in [0.05, 0.1) is 25.7 Å². The van der Waals surface area contributed by atoms with Gasteiger partial charge in [-0.1, -0.05) is 36.4 Å². The third kappa shape index (κ3) is 3.26. The van der Waals surface area contributed by atoms with Gasteiger partial charge in [-0.2, -0.15) is 0 Å². The van der Waals surface area contributed by atoms with E-state index in [9.17, 15) is 10.2 Å². The van der Waals surface area contributed by atoms with Gasteiger partial charge in [0.15, 0.2) is 34.2 Å². The van der Waals surface area contributed by atoms with Crippen molar-refractivity contribution in [1.82, 2.24) is 0 Å². The Hall–Kier alpha value is -3.47. The van der Waals surface area contributed by atoms with Crippen LogP contribution in [0.3, 0.4) is 0 Å². The predicted octanol–water partition coefficient (Wildman–Crippen LogP) is 4.75. The van der Waals surface area contributed by atoms with Crippen molar-refractivity contribution in [3.05, 3.63) is 82.4 Å². The SMILES string of the molecule is COc1ccc2c(c1OC)C(C)(C)[N+]1=C(c3cc(O)c(O)cc3CC1)C2Cc1ccccc1. The average Bonchev–Trinajstić information content (AvgIpc) is 2.82. The Kier molecular flexibility index (Phi) is 5.08. The predicted molar refractivity (Wildman–Crippen MR) is 128 cm³/mol. The first-order valence-corrected chi connectivity index (χ1v) is 11.4. The van der Waals surface area contributed by atoms with Crippen LogP contribution >= 0.6 is 0 Å². The lowest BCUT2D eigenvalue weighted by Crippen LogP contribution is -2.49. The van der Waals surface area contributed by atoms with Gasteiger partial charge in [-0.25, -0.2) is 4.58 Å². The van der Waals surface area contributed by atoms with Gasteiger partial charge in [0.25, 0.3) is 0 Å². The molecule has 0 fully saturated rings. The molecule has 0 saturated heterocycles. The number of nitrogens with zero attached hydrogens (tertiary/aromatic N) is 1. The fraction of sp³-hybridized carbons (Fsp3) is 0.321. The number of rotatable bonds is 4. The first-order valence-electron chi connectivity index (χ1n) is 11.4. The van der Waals surface area contributed by atoms with Gasteiger partial charge < -0.3 is 19.7 Å². The molecule has 5 heteroatoms. The van der Waals surface area contributed by atoms with Gasteiger partial charge in [0, 0.05) is 25.8 Å². The van der Waals surface area contributed by atoms with E-state index >= 15 is 0 Å². The second-order valence-corrected chi connectivity index (χ2v) is 9.35. The molecule has 0 bridgehead atoms. The molecule has 170 valence electrons. The number of phenols is 2. The van der Waals surface area contributed by atoms with Crippen LogP contribution in [-0.2, 0) is 18.4 Å². The standard InChI is InChI=1S/C28H29NO4/c1-28(2)25-19(10-11-24(32-3)27(25)33-4)21(14-17-8-6-5-7-9-17)26-20-16-23(31)22(30)15-18(20)12-13-29(26)28/h5-11,15-16,21,31H,12-14H2,1-4H3/p+1. The van der Waals surface area contributed by atoms with Crippen LogP contribution in [-0.4, -0.2) is 41.3 Å². The van der Waals surface area contributed by atoms with Gasteiger partial charge in [-0.3, -0.25) is 0 Å². The highest BCUT2D eigenvalue weighted by Gasteiger charge is 2.50. The number of benzene rings is 3. The number of hydrogen-bond acceptors (Lipinski definition) is 4. The van der Waals surface area contributed by atoms with Crippen molar-refractivity contribution in [3.63, 3.8) is 0 Å². The van der Waals surface area contributed by atoms with Crippen molar-refractivity contribution in [2.45, 2.75) is 38.1 Å². The van der Waals surface area contributed by atoms with Crippen LogP contribution in [0.25, 0.3) is 0 Å². The summed E-state index contributed by atoms with van der Waals surface area (Å²) in [5, 5.41) is 20.6. The molecule has 2 N–H and O–H groups in total. The normalized spacial score (nSPS) is 18.2. The molecule has 2 aliphatic rings. The highest BCUT2D eigenvalue weighted by Crippen LogP contribution is 2.50. The molecule has 0 aliphatic carbocycles. The first-order chi connectivity index (χ1) is 15.9. The zero-order valence-electron chi connectivity index (χ0n) is 19.6. The van der Waals surface area contributed by atoms with Crippen molar-refractivity contribution in [2.75, 3.05) is 20.8 Å². The van der Waals surface area contributed by atoms with Gasteiger partial charge in [-0.05, 0) is 41.3 Å². The summed E-state index contributed by atoms with van der Waals surface area (Å²) in [5.74, 6) is 1.41. The van der Waals surface area contributed by atoms with Gasteiger partial charge in [0.1, 0.15) is 6.54 Å². The number of methoxy groups -OCH3 is 2.